The van der Waals surface area contributed by atoms with Crippen LogP contribution in [0.2, 0.25) is 10.0 Å². The van der Waals surface area contributed by atoms with Gasteiger partial charge in [0.2, 0.25) is 0 Å². The number of pyridine rings is 1. The van der Waals surface area contributed by atoms with E-state index in [0.29, 0.717) is 21.0 Å². The highest BCUT2D eigenvalue weighted by Gasteiger charge is 2.22. The van der Waals surface area contributed by atoms with Crippen molar-refractivity contribution >= 4 is 40.9 Å². The molecule has 1 unspecified atom stereocenters. The van der Waals surface area contributed by atoms with Crippen LogP contribution >= 0.6 is 35.0 Å². The molecule has 2 aromatic heterocycles. The average molecular weight is 409 g/mol. The van der Waals surface area contributed by atoms with Crippen molar-refractivity contribution in [2.45, 2.75) is 17.3 Å². The summed E-state index contributed by atoms with van der Waals surface area (Å²) in [6.45, 7) is 1.74. The Balaban J connectivity index is 2.12. The van der Waals surface area contributed by atoms with Gasteiger partial charge in [-0.05, 0) is 37.3 Å². The lowest BCUT2D eigenvalue weighted by molar-refractivity contribution is -0.139. The molecule has 26 heavy (non-hydrogen) atoms. The number of carbonyl (C=O) groups excluding carboxylic acids is 1. The quantitative estimate of drug-likeness (QED) is 0.463. The van der Waals surface area contributed by atoms with Crippen molar-refractivity contribution in [3.05, 3.63) is 52.8 Å². The van der Waals surface area contributed by atoms with Gasteiger partial charge in [0.15, 0.2) is 11.0 Å². The molecule has 0 N–H and O–H groups in total. The van der Waals surface area contributed by atoms with Crippen molar-refractivity contribution in [2.75, 3.05) is 7.11 Å². The van der Waals surface area contributed by atoms with Gasteiger partial charge in [0.05, 0.1) is 22.8 Å². The van der Waals surface area contributed by atoms with Gasteiger partial charge in [-0.15, -0.1) is 10.2 Å². The number of rotatable bonds is 5. The molecule has 3 aromatic rings. The molecule has 3 rings (SSSR count). The molecule has 0 fully saturated rings. The molecule has 1 atom stereocenters. The lowest BCUT2D eigenvalue weighted by atomic mass is 10.2. The molecule has 2 heterocycles. The number of hydrogen-bond acceptors (Lipinski definition) is 6. The second-order valence-corrected chi connectivity index (χ2v) is 7.39. The van der Waals surface area contributed by atoms with Gasteiger partial charge in [-0.3, -0.25) is 14.3 Å². The second-order valence-electron chi connectivity index (χ2n) is 5.26. The Labute approximate surface area is 164 Å². The van der Waals surface area contributed by atoms with E-state index in [9.17, 15) is 4.79 Å². The standard InChI is InChI=1S/C17H14Cl2N4O2S/c1-10(16(24)25-2)26-17-22-21-15(11-4-3-7-20-9-11)23(17)12-5-6-13(18)14(19)8-12/h3-10H,1-2H3. The summed E-state index contributed by atoms with van der Waals surface area (Å²) in [5.74, 6) is 0.234. The Morgan fingerprint density at radius 3 is 2.69 bits per heavy atom. The Hall–Kier alpha value is -2.09. The number of halogens is 2. The molecule has 0 saturated heterocycles. The van der Waals surface area contributed by atoms with E-state index in [1.165, 1.54) is 18.9 Å². The molecule has 6 nitrogen and oxygen atoms in total. The summed E-state index contributed by atoms with van der Waals surface area (Å²) < 4.78 is 6.60. The Bertz CT molecular complexity index is 934. The Kier molecular flexibility index (Phi) is 5.80. The van der Waals surface area contributed by atoms with Gasteiger partial charge in [-0.25, -0.2) is 0 Å². The van der Waals surface area contributed by atoms with Gasteiger partial charge in [0.1, 0.15) is 5.25 Å². The summed E-state index contributed by atoms with van der Waals surface area (Å²) in [5.41, 5.74) is 1.51. The van der Waals surface area contributed by atoms with Gasteiger partial charge < -0.3 is 4.74 Å². The van der Waals surface area contributed by atoms with Crippen molar-refractivity contribution in [3.8, 4) is 17.1 Å². The van der Waals surface area contributed by atoms with Crippen LogP contribution in [-0.4, -0.2) is 38.1 Å². The maximum Gasteiger partial charge on any atom is 0.318 e. The summed E-state index contributed by atoms with van der Waals surface area (Å²) in [6.07, 6.45) is 3.37. The molecule has 0 spiro atoms. The van der Waals surface area contributed by atoms with Gasteiger partial charge in [0.25, 0.3) is 0 Å². The lowest BCUT2D eigenvalue weighted by Gasteiger charge is -2.13. The molecule has 9 heteroatoms. The predicted octanol–water partition coefficient (Wildman–Crippen LogP) is 4.29. The summed E-state index contributed by atoms with van der Waals surface area (Å²) in [4.78, 5) is 15.9. The van der Waals surface area contributed by atoms with Crippen molar-refractivity contribution < 1.29 is 9.53 Å². The summed E-state index contributed by atoms with van der Waals surface area (Å²) in [7, 11) is 1.35. The third-order valence-electron chi connectivity index (χ3n) is 3.53. The fourth-order valence-electron chi connectivity index (χ4n) is 2.26. The maximum absolute atomic E-state index is 11.8. The summed E-state index contributed by atoms with van der Waals surface area (Å²) in [5, 5.41) is 9.45. The third-order valence-corrected chi connectivity index (χ3v) is 5.29. The zero-order valence-electron chi connectivity index (χ0n) is 13.9. The number of ether oxygens (including phenoxy) is 1. The minimum Gasteiger partial charge on any atom is -0.468 e. The second kappa shape index (κ2) is 8.07. The van der Waals surface area contributed by atoms with E-state index >= 15 is 0 Å². The van der Waals surface area contributed by atoms with Crippen LogP contribution in [0.4, 0.5) is 0 Å². The number of benzene rings is 1. The highest BCUT2D eigenvalue weighted by Crippen LogP contribution is 2.32. The number of esters is 1. The summed E-state index contributed by atoms with van der Waals surface area (Å²) >= 11 is 13.5. The minimum atomic E-state index is -0.451. The van der Waals surface area contributed by atoms with Crippen LogP contribution in [-0.2, 0) is 9.53 Å². The smallest absolute Gasteiger partial charge is 0.318 e. The number of carbonyl (C=O) groups is 1. The lowest BCUT2D eigenvalue weighted by Crippen LogP contribution is -2.15. The minimum absolute atomic E-state index is 0.346. The van der Waals surface area contributed by atoms with Crippen molar-refractivity contribution in [1.82, 2.24) is 19.7 Å². The van der Waals surface area contributed by atoms with Crippen molar-refractivity contribution in [3.63, 3.8) is 0 Å². The molecule has 0 aliphatic heterocycles. The van der Waals surface area contributed by atoms with Gasteiger partial charge in [-0.1, -0.05) is 35.0 Å². The molecule has 1 aromatic carbocycles. The van der Waals surface area contributed by atoms with E-state index in [2.05, 4.69) is 15.2 Å². The van der Waals surface area contributed by atoms with E-state index in [1.807, 2.05) is 22.8 Å². The van der Waals surface area contributed by atoms with Crippen LogP contribution in [0.15, 0.2) is 47.9 Å². The number of methoxy groups -OCH3 is 1. The summed E-state index contributed by atoms with van der Waals surface area (Å²) in [6, 6.07) is 8.92. The van der Waals surface area contributed by atoms with E-state index in [-0.39, 0.29) is 5.97 Å². The van der Waals surface area contributed by atoms with Crippen molar-refractivity contribution in [2.24, 2.45) is 0 Å². The first-order valence-corrected chi connectivity index (χ1v) is 9.20. The molecule has 0 aliphatic carbocycles. The number of aromatic nitrogens is 4. The first kappa shape index (κ1) is 18.7. The maximum atomic E-state index is 11.8. The number of thioether (sulfide) groups is 1. The monoisotopic (exact) mass is 408 g/mol. The predicted molar refractivity (Wildman–Crippen MR) is 102 cm³/mol. The molecule has 134 valence electrons. The zero-order chi connectivity index (χ0) is 18.7. The van der Waals surface area contributed by atoms with Gasteiger partial charge >= 0.3 is 5.97 Å². The fourth-order valence-corrected chi connectivity index (χ4v) is 3.44. The highest BCUT2D eigenvalue weighted by molar-refractivity contribution is 8.00. The normalized spacial score (nSPS) is 12.0. The highest BCUT2D eigenvalue weighted by atomic mass is 35.5. The van der Waals surface area contributed by atoms with Crippen LogP contribution in [0, 0.1) is 0 Å². The van der Waals surface area contributed by atoms with E-state index in [1.54, 1.807) is 31.5 Å². The van der Waals surface area contributed by atoms with Crippen LogP contribution < -0.4 is 0 Å². The third kappa shape index (κ3) is 3.85. The molecular weight excluding hydrogens is 395 g/mol. The average Bonchev–Trinajstić information content (AvgIpc) is 3.07. The molecule has 0 saturated carbocycles. The zero-order valence-corrected chi connectivity index (χ0v) is 16.2. The molecule has 0 amide bonds. The van der Waals surface area contributed by atoms with Gasteiger partial charge in [-0.2, -0.15) is 0 Å². The molecule has 0 aliphatic rings. The Morgan fingerprint density at radius 2 is 2.04 bits per heavy atom. The van der Waals surface area contributed by atoms with Crippen LogP contribution in [0.3, 0.4) is 0 Å². The molecule has 0 bridgehead atoms. The first-order chi connectivity index (χ1) is 12.5. The molecular formula is C17H14Cl2N4O2S. The number of hydrogen-bond donors (Lipinski definition) is 0. The topological polar surface area (TPSA) is 69.9 Å². The number of nitrogens with zero attached hydrogens (tertiary/aromatic N) is 4. The molecule has 0 radical (unpaired) electrons. The van der Waals surface area contributed by atoms with Crippen LogP contribution in [0.25, 0.3) is 17.1 Å². The van der Waals surface area contributed by atoms with Gasteiger partial charge in [0, 0.05) is 18.0 Å². The van der Waals surface area contributed by atoms with E-state index < -0.39 is 5.25 Å². The van der Waals surface area contributed by atoms with Crippen LogP contribution in [0.5, 0.6) is 0 Å². The van der Waals surface area contributed by atoms with Crippen LogP contribution in [0.1, 0.15) is 6.92 Å². The SMILES string of the molecule is COC(=O)C(C)Sc1nnc(-c2cccnc2)n1-c1ccc(Cl)c(Cl)c1. The largest absolute Gasteiger partial charge is 0.468 e. The van der Waals surface area contributed by atoms with Crippen molar-refractivity contribution in [1.29, 1.82) is 0 Å². The van der Waals surface area contributed by atoms with E-state index in [4.69, 9.17) is 27.9 Å². The van der Waals surface area contributed by atoms with E-state index in [0.717, 1.165) is 11.3 Å². The fraction of sp³-hybridized carbons (Fsp3) is 0.176. The first-order valence-electron chi connectivity index (χ1n) is 7.57. The Morgan fingerprint density at radius 1 is 1.23 bits per heavy atom.